The van der Waals surface area contributed by atoms with Gasteiger partial charge >= 0.3 is 0 Å². The van der Waals surface area contributed by atoms with Gasteiger partial charge in [-0.25, -0.2) is 0 Å². The van der Waals surface area contributed by atoms with Gasteiger partial charge in [0.1, 0.15) is 13.2 Å². The highest BCUT2D eigenvalue weighted by molar-refractivity contribution is 5.57. The first kappa shape index (κ1) is 14.5. The van der Waals surface area contributed by atoms with Crippen molar-refractivity contribution < 1.29 is 9.47 Å². The molecule has 0 spiro atoms. The molecule has 0 radical (unpaired) electrons. The summed E-state index contributed by atoms with van der Waals surface area (Å²) >= 11 is 0. The summed E-state index contributed by atoms with van der Waals surface area (Å²) in [5.41, 5.74) is 1.25. The van der Waals surface area contributed by atoms with Gasteiger partial charge in [0.15, 0.2) is 11.5 Å². The van der Waals surface area contributed by atoms with Crippen molar-refractivity contribution in [2.75, 3.05) is 31.2 Å². The number of ether oxygens (including phenoxy) is 2. The molecule has 1 fully saturated rings. The first-order valence-corrected chi connectivity index (χ1v) is 8.17. The SMILES string of the molecule is CCCNC1CCN(c2ccc3c(c2)OCCO3)C(C)C1. The second kappa shape index (κ2) is 6.56. The lowest BCUT2D eigenvalue weighted by molar-refractivity contribution is 0.171. The van der Waals surface area contributed by atoms with Gasteiger partial charge in [0.2, 0.25) is 0 Å². The van der Waals surface area contributed by atoms with Crippen LogP contribution in [-0.2, 0) is 0 Å². The third kappa shape index (κ3) is 3.26. The summed E-state index contributed by atoms with van der Waals surface area (Å²) in [4.78, 5) is 2.49. The molecule has 2 aliphatic heterocycles. The van der Waals surface area contributed by atoms with Crippen LogP contribution in [0, 0.1) is 0 Å². The Morgan fingerprint density at radius 1 is 1.24 bits per heavy atom. The lowest BCUT2D eigenvalue weighted by atomic mass is 9.97. The second-order valence-corrected chi connectivity index (χ2v) is 6.05. The summed E-state index contributed by atoms with van der Waals surface area (Å²) in [6.45, 7) is 8.06. The van der Waals surface area contributed by atoms with E-state index in [-0.39, 0.29) is 0 Å². The summed E-state index contributed by atoms with van der Waals surface area (Å²) in [5, 5.41) is 3.65. The van der Waals surface area contributed by atoms with Crippen molar-refractivity contribution in [1.29, 1.82) is 0 Å². The van der Waals surface area contributed by atoms with E-state index in [0.717, 1.165) is 24.6 Å². The number of benzene rings is 1. The van der Waals surface area contributed by atoms with Crippen molar-refractivity contribution in [3.05, 3.63) is 18.2 Å². The van der Waals surface area contributed by atoms with E-state index >= 15 is 0 Å². The number of nitrogens with one attached hydrogen (secondary N) is 1. The number of anilines is 1. The van der Waals surface area contributed by atoms with Crippen LogP contribution in [-0.4, -0.2) is 38.4 Å². The highest BCUT2D eigenvalue weighted by Crippen LogP contribution is 2.35. The molecule has 0 bridgehead atoms. The number of rotatable bonds is 4. The fourth-order valence-electron chi connectivity index (χ4n) is 3.30. The van der Waals surface area contributed by atoms with Crippen molar-refractivity contribution in [3.8, 4) is 11.5 Å². The summed E-state index contributed by atoms with van der Waals surface area (Å²) in [6.07, 6.45) is 3.62. The molecular formula is C17H26N2O2. The van der Waals surface area contributed by atoms with Crippen LogP contribution < -0.4 is 19.7 Å². The van der Waals surface area contributed by atoms with Gasteiger partial charge < -0.3 is 19.7 Å². The van der Waals surface area contributed by atoms with E-state index in [4.69, 9.17) is 9.47 Å². The summed E-state index contributed by atoms with van der Waals surface area (Å²) in [7, 11) is 0. The van der Waals surface area contributed by atoms with Gasteiger partial charge in [0.25, 0.3) is 0 Å². The predicted molar refractivity (Wildman–Crippen MR) is 85.6 cm³/mol. The fourth-order valence-corrected chi connectivity index (χ4v) is 3.30. The minimum Gasteiger partial charge on any atom is -0.486 e. The Balaban J connectivity index is 1.67. The Kier molecular flexibility index (Phi) is 4.54. The quantitative estimate of drug-likeness (QED) is 0.924. The number of hydrogen-bond donors (Lipinski definition) is 1. The van der Waals surface area contributed by atoms with Crippen LogP contribution >= 0.6 is 0 Å². The van der Waals surface area contributed by atoms with E-state index in [0.29, 0.717) is 25.3 Å². The topological polar surface area (TPSA) is 33.7 Å². The molecule has 1 saturated heterocycles. The summed E-state index contributed by atoms with van der Waals surface area (Å²) < 4.78 is 11.3. The zero-order valence-corrected chi connectivity index (χ0v) is 13.1. The molecule has 1 N–H and O–H groups in total. The Morgan fingerprint density at radius 3 is 2.81 bits per heavy atom. The average Bonchev–Trinajstić information content (AvgIpc) is 2.52. The molecule has 2 aliphatic rings. The number of nitrogens with zero attached hydrogens (tertiary/aromatic N) is 1. The predicted octanol–water partition coefficient (Wildman–Crippen LogP) is 2.81. The Morgan fingerprint density at radius 2 is 2.05 bits per heavy atom. The van der Waals surface area contributed by atoms with Crippen LogP contribution in [0.15, 0.2) is 18.2 Å². The molecule has 0 aliphatic carbocycles. The maximum atomic E-state index is 5.70. The third-order valence-electron chi connectivity index (χ3n) is 4.42. The summed E-state index contributed by atoms with van der Waals surface area (Å²) in [6, 6.07) is 7.54. The molecule has 1 aromatic carbocycles. The lowest BCUT2D eigenvalue weighted by Crippen LogP contribution is -2.47. The van der Waals surface area contributed by atoms with Gasteiger partial charge in [0, 0.05) is 30.4 Å². The van der Waals surface area contributed by atoms with Crippen LogP contribution in [0.4, 0.5) is 5.69 Å². The first-order chi connectivity index (χ1) is 10.3. The molecule has 3 rings (SSSR count). The zero-order chi connectivity index (χ0) is 14.7. The Labute approximate surface area is 127 Å². The van der Waals surface area contributed by atoms with Crippen LogP contribution in [0.25, 0.3) is 0 Å². The summed E-state index contributed by atoms with van der Waals surface area (Å²) in [5.74, 6) is 1.76. The molecule has 4 nitrogen and oxygen atoms in total. The van der Waals surface area contributed by atoms with Crippen LogP contribution in [0.5, 0.6) is 11.5 Å². The molecule has 116 valence electrons. The average molecular weight is 290 g/mol. The maximum Gasteiger partial charge on any atom is 0.163 e. The van der Waals surface area contributed by atoms with Crippen molar-refractivity contribution in [2.45, 2.75) is 45.2 Å². The molecule has 0 amide bonds. The van der Waals surface area contributed by atoms with Crippen LogP contribution in [0.3, 0.4) is 0 Å². The molecule has 0 aromatic heterocycles. The maximum absolute atomic E-state index is 5.70. The van der Waals surface area contributed by atoms with Gasteiger partial charge in [-0.3, -0.25) is 0 Å². The molecule has 4 heteroatoms. The van der Waals surface area contributed by atoms with Gasteiger partial charge in [0.05, 0.1) is 0 Å². The molecular weight excluding hydrogens is 264 g/mol. The fraction of sp³-hybridized carbons (Fsp3) is 0.647. The Hall–Kier alpha value is -1.42. The first-order valence-electron chi connectivity index (χ1n) is 8.17. The van der Waals surface area contributed by atoms with Crippen molar-refractivity contribution in [3.63, 3.8) is 0 Å². The van der Waals surface area contributed by atoms with Crippen molar-refractivity contribution in [2.24, 2.45) is 0 Å². The van der Waals surface area contributed by atoms with Crippen LogP contribution in [0.1, 0.15) is 33.1 Å². The minimum absolute atomic E-state index is 0.552. The van der Waals surface area contributed by atoms with Crippen LogP contribution in [0.2, 0.25) is 0 Å². The van der Waals surface area contributed by atoms with Crippen molar-refractivity contribution >= 4 is 5.69 Å². The molecule has 2 heterocycles. The number of fused-ring (bicyclic) bond motifs is 1. The van der Waals surface area contributed by atoms with E-state index in [1.807, 2.05) is 6.07 Å². The van der Waals surface area contributed by atoms with Crippen molar-refractivity contribution in [1.82, 2.24) is 5.32 Å². The zero-order valence-electron chi connectivity index (χ0n) is 13.1. The van der Waals surface area contributed by atoms with Gasteiger partial charge in [-0.2, -0.15) is 0 Å². The molecule has 2 atom stereocenters. The van der Waals surface area contributed by atoms with E-state index in [9.17, 15) is 0 Å². The molecule has 1 aromatic rings. The smallest absolute Gasteiger partial charge is 0.163 e. The Bertz CT molecular complexity index is 478. The van der Waals surface area contributed by atoms with Gasteiger partial charge in [-0.05, 0) is 44.9 Å². The molecule has 2 unspecified atom stereocenters. The highest BCUT2D eigenvalue weighted by Gasteiger charge is 2.26. The third-order valence-corrected chi connectivity index (χ3v) is 4.42. The largest absolute Gasteiger partial charge is 0.486 e. The van der Waals surface area contributed by atoms with E-state index < -0.39 is 0 Å². The van der Waals surface area contributed by atoms with Gasteiger partial charge in [-0.15, -0.1) is 0 Å². The second-order valence-electron chi connectivity index (χ2n) is 6.05. The lowest BCUT2D eigenvalue weighted by Gasteiger charge is -2.40. The van der Waals surface area contributed by atoms with E-state index in [1.54, 1.807) is 0 Å². The van der Waals surface area contributed by atoms with Gasteiger partial charge in [-0.1, -0.05) is 6.92 Å². The molecule has 0 saturated carbocycles. The molecule has 21 heavy (non-hydrogen) atoms. The standard InChI is InChI=1S/C17H26N2O2/c1-3-7-18-14-6-8-19(13(2)11-14)15-4-5-16-17(12-15)21-10-9-20-16/h4-5,12-14,18H,3,6-11H2,1-2H3. The number of hydrogen-bond acceptors (Lipinski definition) is 4. The number of piperidine rings is 1. The minimum atomic E-state index is 0.552. The normalized spacial score (nSPS) is 25.0. The monoisotopic (exact) mass is 290 g/mol. The van der Waals surface area contributed by atoms with E-state index in [1.165, 1.54) is 24.9 Å². The highest BCUT2D eigenvalue weighted by atomic mass is 16.6. The van der Waals surface area contributed by atoms with E-state index in [2.05, 4.69) is 36.2 Å².